The van der Waals surface area contributed by atoms with Crippen LogP contribution in [0, 0.1) is 12.8 Å². The summed E-state index contributed by atoms with van der Waals surface area (Å²) in [7, 11) is 0. The van der Waals surface area contributed by atoms with E-state index in [1.807, 2.05) is 60.4 Å². The van der Waals surface area contributed by atoms with Crippen molar-refractivity contribution < 1.29 is 9.59 Å². The Kier molecular flexibility index (Phi) is 5.49. The van der Waals surface area contributed by atoms with Gasteiger partial charge in [0.25, 0.3) is 0 Å². The lowest BCUT2D eigenvalue weighted by atomic mass is 9.95. The highest BCUT2D eigenvalue weighted by Gasteiger charge is 2.27. The van der Waals surface area contributed by atoms with Crippen molar-refractivity contribution in [2.75, 3.05) is 18.4 Å². The van der Waals surface area contributed by atoms with Gasteiger partial charge >= 0.3 is 0 Å². The molecule has 25 heavy (non-hydrogen) atoms. The van der Waals surface area contributed by atoms with Crippen LogP contribution in [0.1, 0.15) is 24.0 Å². The monoisotopic (exact) mass is 336 g/mol. The normalized spacial score (nSPS) is 15.0. The van der Waals surface area contributed by atoms with Gasteiger partial charge in [-0.25, -0.2) is 0 Å². The Morgan fingerprint density at radius 1 is 1.04 bits per heavy atom. The summed E-state index contributed by atoms with van der Waals surface area (Å²) in [5.41, 5.74) is 3.04. The summed E-state index contributed by atoms with van der Waals surface area (Å²) in [6, 6.07) is 17.6. The Bertz CT molecular complexity index is 735. The number of amides is 2. The molecule has 1 N–H and O–H groups in total. The number of piperidine rings is 1. The Balaban J connectivity index is 1.49. The summed E-state index contributed by atoms with van der Waals surface area (Å²) in [5, 5.41) is 2.96. The second-order valence-electron chi connectivity index (χ2n) is 6.68. The number of carbonyl (C=O) groups excluding carboxylic acids is 2. The van der Waals surface area contributed by atoms with Gasteiger partial charge in [0.05, 0.1) is 6.42 Å². The van der Waals surface area contributed by atoms with E-state index < -0.39 is 0 Å². The highest BCUT2D eigenvalue weighted by Crippen LogP contribution is 2.20. The smallest absolute Gasteiger partial charge is 0.227 e. The zero-order valence-corrected chi connectivity index (χ0v) is 14.6. The lowest BCUT2D eigenvalue weighted by Gasteiger charge is -2.31. The molecule has 0 aromatic heterocycles. The van der Waals surface area contributed by atoms with Crippen LogP contribution in [0.3, 0.4) is 0 Å². The van der Waals surface area contributed by atoms with E-state index in [0.29, 0.717) is 19.5 Å². The number of carbonyl (C=O) groups is 2. The summed E-state index contributed by atoms with van der Waals surface area (Å²) in [6.07, 6.45) is 1.87. The fraction of sp³-hybridized carbons (Fsp3) is 0.333. The minimum absolute atomic E-state index is 0.0248. The molecule has 2 aromatic rings. The third-order valence-corrected chi connectivity index (χ3v) is 4.70. The number of benzene rings is 2. The zero-order chi connectivity index (χ0) is 17.6. The fourth-order valence-electron chi connectivity index (χ4n) is 3.27. The van der Waals surface area contributed by atoms with Gasteiger partial charge in [-0.15, -0.1) is 0 Å². The van der Waals surface area contributed by atoms with Crippen LogP contribution >= 0.6 is 0 Å². The molecule has 1 heterocycles. The van der Waals surface area contributed by atoms with Crippen molar-refractivity contribution in [3.63, 3.8) is 0 Å². The maximum atomic E-state index is 12.5. The summed E-state index contributed by atoms with van der Waals surface area (Å²) in [6.45, 7) is 3.33. The van der Waals surface area contributed by atoms with E-state index in [4.69, 9.17) is 0 Å². The molecule has 130 valence electrons. The zero-order valence-electron chi connectivity index (χ0n) is 14.6. The lowest BCUT2D eigenvalue weighted by molar-refractivity contribution is -0.133. The molecular weight excluding hydrogens is 312 g/mol. The number of hydrogen-bond donors (Lipinski definition) is 1. The first kappa shape index (κ1) is 17.2. The Labute approximate surface area is 148 Å². The lowest BCUT2D eigenvalue weighted by Crippen LogP contribution is -2.42. The largest absolute Gasteiger partial charge is 0.342 e. The highest BCUT2D eigenvalue weighted by molar-refractivity contribution is 5.92. The molecule has 1 aliphatic heterocycles. The fourth-order valence-corrected chi connectivity index (χ4v) is 3.27. The molecule has 0 unspecified atom stereocenters. The van der Waals surface area contributed by atoms with Crippen LogP contribution in [-0.4, -0.2) is 29.8 Å². The summed E-state index contributed by atoms with van der Waals surface area (Å²) < 4.78 is 0. The quantitative estimate of drug-likeness (QED) is 0.930. The Morgan fingerprint density at radius 2 is 1.76 bits per heavy atom. The van der Waals surface area contributed by atoms with Crippen LogP contribution in [-0.2, 0) is 16.0 Å². The molecule has 0 spiro atoms. The number of nitrogens with zero attached hydrogens (tertiary/aromatic N) is 1. The van der Waals surface area contributed by atoms with Gasteiger partial charge in [0.2, 0.25) is 11.8 Å². The third-order valence-electron chi connectivity index (χ3n) is 4.70. The van der Waals surface area contributed by atoms with Crippen LogP contribution in [0.5, 0.6) is 0 Å². The van der Waals surface area contributed by atoms with Gasteiger partial charge in [-0.2, -0.15) is 0 Å². The van der Waals surface area contributed by atoms with Crippen LogP contribution in [0.25, 0.3) is 0 Å². The Hall–Kier alpha value is -2.62. The molecule has 0 aliphatic carbocycles. The number of nitrogens with one attached hydrogen (secondary N) is 1. The van der Waals surface area contributed by atoms with Crippen LogP contribution in [0.15, 0.2) is 54.6 Å². The Morgan fingerprint density at radius 3 is 2.44 bits per heavy atom. The number of rotatable bonds is 4. The van der Waals surface area contributed by atoms with Crippen LogP contribution in [0.2, 0.25) is 0 Å². The molecule has 3 rings (SSSR count). The molecule has 1 fully saturated rings. The van der Waals surface area contributed by atoms with E-state index in [9.17, 15) is 9.59 Å². The summed E-state index contributed by atoms with van der Waals surface area (Å²) in [4.78, 5) is 26.7. The maximum absolute atomic E-state index is 12.5. The first-order valence-corrected chi connectivity index (χ1v) is 8.81. The van der Waals surface area contributed by atoms with Gasteiger partial charge < -0.3 is 10.2 Å². The average molecular weight is 336 g/mol. The van der Waals surface area contributed by atoms with Gasteiger partial charge in [0.1, 0.15) is 0 Å². The predicted octanol–water partition coefficient (Wildman–Crippen LogP) is 3.41. The van der Waals surface area contributed by atoms with Crippen molar-refractivity contribution in [3.05, 3.63) is 65.7 Å². The SMILES string of the molecule is Cc1cccc(CC(=O)N2CCC(C(=O)Nc3ccccc3)CC2)c1. The van der Waals surface area contributed by atoms with Crippen LogP contribution in [0.4, 0.5) is 5.69 Å². The van der Waals surface area contributed by atoms with Crippen molar-refractivity contribution in [1.82, 2.24) is 4.90 Å². The number of likely N-dealkylation sites (tertiary alicyclic amines) is 1. The molecule has 2 aromatic carbocycles. The number of aryl methyl sites for hydroxylation is 1. The molecule has 0 bridgehead atoms. The van der Waals surface area contributed by atoms with Gasteiger partial charge in [0.15, 0.2) is 0 Å². The predicted molar refractivity (Wildman–Crippen MR) is 99.3 cm³/mol. The van der Waals surface area contributed by atoms with E-state index >= 15 is 0 Å². The standard InChI is InChI=1S/C21H24N2O2/c1-16-6-5-7-17(14-16)15-20(24)23-12-10-18(11-13-23)21(25)22-19-8-3-2-4-9-19/h2-9,14,18H,10-13,15H2,1H3,(H,22,25). The van der Waals surface area contributed by atoms with Crippen LogP contribution < -0.4 is 5.32 Å². The molecule has 0 radical (unpaired) electrons. The highest BCUT2D eigenvalue weighted by atomic mass is 16.2. The van der Waals surface area contributed by atoms with Gasteiger partial charge in [-0.3, -0.25) is 9.59 Å². The molecule has 1 saturated heterocycles. The number of hydrogen-bond acceptors (Lipinski definition) is 2. The topological polar surface area (TPSA) is 49.4 Å². The first-order valence-electron chi connectivity index (χ1n) is 8.81. The second-order valence-corrected chi connectivity index (χ2v) is 6.68. The maximum Gasteiger partial charge on any atom is 0.227 e. The van der Waals surface area contributed by atoms with Gasteiger partial charge in [-0.05, 0) is 37.5 Å². The summed E-state index contributed by atoms with van der Waals surface area (Å²) in [5.74, 6) is 0.174. The minimum atomic E-state index is -0.0248. The first-order chi connectivity index (χ1) is 12.1. The molecule has 0 saturated carbocycles. The molecule has 1 aliphatic rings. The third kappa shape index (κ3) is 4.69. The van der Waals surface area contributed by atoms with Gasteiger partial charge in [-0.1, -0.05) is 48.0 Å². The molecule has 4 nitrogen and oxygen atoms in total. The molecule has 0 atom stereocenters. The summed E-state index contributed by atoms with van der Waals surface area (Å²) >= 11 is 0. The molecule has 2 amide bonds. The number of anilines is 1. The van der Waals surface area contributed by atoms with E-state index in [1.165, 1.54) is 5.56 Å². The van der Waals surface area contributed by atoms with Crippen molar-refractivity contribution in [2.45, 2.75) is 26.2 Å². The van der Waals surface area contributed by atoms with Crippen molar-refractivity contribution >= 4 is 17.5 Å². The van der Waals surface area contributed by atoms with E-state index in [1.54, 1.807) is 0 Å². The molecular formula is C21H24N2O2. The minimum Gasteiger partial charge on any atom is -0.342 e. The van der Waals surface area contributed by atoms with Crippen molar-refractivity contribution in [1.29, 1.82) is 0 Å². The van der Waals surface area contributed by atoms with E-state index in [2.05, 4.69) is 11.4 Å². The van der Waals surface area contributed by atoms with Crippen molar-refractivity contribution in [3.8, 4) is 0 Å². The average Bonchev–Trinajstić information content (AvgIpc) is 2.62. The molecule has 4 heteroatoms. The van der Waals surface area contributed by atoms with E-state index in [0.717, 1.165) is 24.1 Å². The number of para-hydroxylation sites is 1. The second kappa shape index (κ2) is 7.97. The van der Waals surface area contributed by atoms with Crippen molar-refractivity contribution in [2.24, 2.45) is 5.92 Å². The van der Waals surface area contributed by atoms with Gasteiger partial charge in [0, 0.05) is 24.7 Å². The van der Waals surface area contributed by atoms with E-state index in [-0.39, 0.29) is 17.7 Å².